The van der Waals surface area contributed by atoms with Gasteiger partial charge in [0.2, 0.25) is 0 Å². The highest BCUT2D eigenvalue weighted by Gasteiger charge is 2.22. The largest absolute Gasteiger partial charge is 0.393 e. The fourth-order valence-electron chi connectivity index (χ4n) is 2.66. The molecule has 1 aliphatic rings. The van der Waals surface area contributed by atoms with E-state index in [1.165, 1.54) is 12.1 Å². The second-order valence-electron chi connectivity index (χ2n) is 5.07. The van der Waals surface area contributed by atoms with Gasteiger partial charge < -0.3 is 5.11 Å². The fourth-order valence-corrected chi connectivity index (χ4v) is 3.04. The summed E-state index contributed by atoms with van der Waals surface area (Å²) in [5.74, 6) is -0.830. The van der Waals surface area contributed by atoms with Crippen LogP contribution in [-0.4, -0.2) is 11.2 Å². The van der Waals surface area contributed by atoms with Crippen molar-refractivity contribution in [3.63, 3.8) is 0 Å². The van der Waals surface area contributed by atoms with Crippen molar-refractivity contribution in [1.29, 1.82) is 0 Å². The van der Waals surface area contributed by atoms with Crippen LogP contribution in [0.2, 0.25) is 0 Å². The van der Waals surface area contributed by atoms with E-state index in [9.17, 15) is 13.9 Å². The summed E-state index contributed by atoms with van der Waals surface area (Å²) >= 11 is 3.08. The molecule has 4 heteroatoms. The Morgan fingerprint density at radius 3 is 2.72 bits per heavy atom. The molecule has 1 nitrogen and oxygen atoms in total. The molecule has 0 bridgehead atoms. The van der Waals surface area contributed by atoms with Crippen LogP contribution in [0.3, 0.4) is 0 Å². The summed E-state index contributed by atoms with van der Waals surface area (Å²) in [5, 5.41) is 9.73. The Morgan fingerprint density at radius 2 is 1.94 bits per heavy atom. The maximum atomic E-state index is 13.9. The van der Waals surface area contributed by atoms with Gasteiger partial charge in [-0.2, -0.15) is 0 Å². The van der Waals surface area contributed by atoms with Gasteiger partial charge >= 0.3 is 0 Å². The molecule has 0 aliphatic heterocycles. The minimum Gasteiger partial charge on any atom is -0.393 e. The standard InChI is InChI=1S/C14H17BrF2O/c15-12-5-6-13(16)11(14(12)17)8-9-3-1-2-4-10(18)7-9/h5-6,9-10,18H,1-4,7-8H2. The number of rotatable bonds is 2. The highest BCUT2D eigenvalue weighted by atomic mass is 79.9. The summed E-state index contributed by atoms with van der Waals surface area (Å²) in [6.45, 7) is 0. The first kappa shape index (κ1) is 13.9. The van der Waals surface area contributed by atoms with Gasteiger partial charge in [0.05, 0.1) is 10.6 Å². The molecule has 1 fully saturated rings. The van der Waals surface area contributed by atoms with Crippen LogP contribution in [0.1, 0.15) is 37.7 Å². The third-order valence-electron chi connectivity index (χ3n) is 3.64. The molecule has 2 rings (SSSR count). The molecule has 0 radical (unpaired) electrons. The summed E-state index contributed by atoms with van der Waals surface area (Å²) in [7, 11) is 0. The lowest BCUT2D eigenvalue weighted by Gasteiger charge is -2.17. The van der Waals surface area contributed by atoms with Crippen molar-refractivity contribution in [2.45, 2.75) is 44.6 Å². The molecule has 0 spiro atoms. The molecule has 1 aliphatic carbocycles. The smallest absolute Gasteiger partial charge is 0.143 e. The van der Waals surface area contributed by atoms with Crippen molar-refractivity contribution in [2.75, 3.05) is 0 Å². The lowest BCUT2D eigenvalue weighted by molar-refractivity contribution is 0.141. The molecule has 0 amide bonds. The van der Waals surface area contributed by atoms with Crippen molar-refractivity contribution in [3.8, 4) is 0 Å². The van der Waals surface area contributed by atoms with Gasteiger partial charge in [0.15, 0.2) is 0 Å². The number of aliphatic hydroxyl groups is 1. The van der Waals surface area contributed by atoms with Gasteiger partial charge in [0.25, 0.3) is 0 Å². The van der Waals surface area contributed by atoms with Crippen LogP contribution < -0.4 is 0 Å². The molecule has 2 unspecified atom stereocenters. The zero-order valence-electron chi connectivity index (χ0n) is 10.1. The van der Waals surface area contributed by atoms with E-state index in [2.05, 4.69) is 15.9 Å². The summed E-state index contributed by atoms with van der Waals surface area (Å²) in [6.07, 6.45) is 4.46. The molecular weight excluding hydrogens is 302 g/mol. The molecule has 0 saturated heterocycles. The van der Waals surface area contributed by atoms with Crippen molar-refractivity contribution in [2.24, 2.45) is 5.92 Å². The highest BCUT2D eigenvalue weighted by Crippen LogP contribution is 2.30. The van der Waals surface area contributed by atoms with E-state index in [0.29, 0.717) is 17.3 Å². The Labute approximate surface area is 114 Å². The summed E-state index contributed by atoms with van der Waals surface area (Å²) in [5.41, 5.74) is 0.142. The fraction of sp³-hybridized carbons (Fsp3) is 0.571. The van der Waals surface area contributed by atoms with Gasteiger partial charge in [-0.05, 0) is 53.2 Å². The zero-order chi connectivity index (χ0) is 13.1. The molecule has 1 saturated carbocycles. The summed E-state index contributed by atoms with van der Waals surface area (Å²) in [4.78, 5) is 0. The average Bonchev–Trinajstić information content (AvgIpc) is 2.54. The topological polar surface area (TPSA) is 20.2 Å². The maximum Gasteiger partial charge on any atom is 0.143 e. The Bertz CT molecular complexity index is 423. The molecule has 1 N–H and O–H groups in total. The second-order valence-corrected chi connectivity index (χ2v) is 5.92. The van der Waals surface area contributed by atoms with Gasteiger partial charge in [-0.15, -0.1) is 0 Å². The predicted octanol–water partition coefficient (Wildman–Crippen LogP) is 4.21. The lowest BCUT2D eigenvalue weighted by atomic mass is 9.91. The van der Waals surface area contributed by atoms with E-state index in [4.69, 9.17) is 0 Å². The summed E-state index contributed by atoms with van der Waals surface area (Å²) in [6, 6.07) is 2.67. The number of hydrogen-bond acceptors (Lipinski definition) is 1. The van der Waals surface area contributed by atoms with Gasteiger partial charge in [-0.1, -0.05) is 19.3 Å². The van der Waals surface area contributed by atoms with Crippen molar-refractivity contribution in [1.82, 2.24) is 0 Å². The molecule has 0 heterocycles. The van der Waals surface area contributed by atoms with Gasteiger partial charge in [-0.25, -0.2) is 8.78 Å². The molecule has 2 atom stereocenters. The van der Waals surface area contributed by atoms with Crippen LogP contribution in [0, 0.1) is 17.6 Å². The van der Waals surface area contributed by atoms with E-state index in [0.717, 1.165) is 25.7 Å². The van der Waals surface area contributed by atoms with Gasteiger partial charge in [0, 0.05) is 5.56 Å². The number of hydrogen-bond donors (Lipinski definition) is 1. The van der Waals surface area contributed by atoms with Crippen LogP contribution in [0.4, 0.5) is 8.78 Å². The SMILES string of the molecule is OC1CCCCC(Cc2c(F)ccc(Br)c2F)C1. The molecule has 0 aromatic heterocycles. The lowest BCUT2D eigenvalue weighted by Crippen LogP contribution is -2.14. The number of halogens is 3. The second kappa shape index (κ2) is 6.11. The van der Waals surface area contributed by atoms with Crippen LogP contribution in [-0.2, 0) is 6.42 Å². The Kier molecular flexibility index (Phi) is 4.73. The molecule has 100 valence electrons. The van der Waals surface area contributed by atoms with Crippen molar-refractivity contribution in [3.05, 3.63) is 33.8 Å². The maximum absolute atomic E-state index is 13.9. The minimum absolute atomic E-state index is 0.142. The van der Waals surface area contributed by atoms with Gasteiger partial charge in [0.1, 0.15) is 11.6 Å². The van der Waals surface area contributed by atoms with Crippen LogP contribution in [0.15, 0.2) is 16.6 Å². The van der Waals surface area contributed by atoms with E-state index in [1.54, 1.807) is 0 Å². The third kappa shape index (κ3) is 3.29. The van der Waals surface area contributed by atoms with E-state index in [-0.39, 0.29) is 17.6 Å². The highest BCUT2D eigenvalue weighted by molar-refractivity contribution is 9.10. The van der Waals surface area contributed by atoms with E-state index < -0.39 is 11.6 Å². The first-order valence-electron chi connectivity index (χ1n) is 6.38. The molecular formula is C14H17BrF2O. The van der Waals surface area contributed by atoms with Crippen molar-refractivity contribution < 1.29 is 13.9 Å². The number of aliphatic hydroxyl groups excluding tert-OH is 1. The van der Waals surface area contributed by atoms with E-state index in [1.807, 2.05) is 0 Å². The van der Waals surface area contributed by atoms with Gasteiger partial charge in [-0.3, -0.25) is 0 Å². The minimum atomic E-state index is -0.506. The average molecular weight is 319 g/mol. The van der Waals surface area contributed by atoms with E-state index >= 15 is 0 Å². The Balaban J connectivity index is 2.15. The molecule has 1 aromatic carbocycles. The van der Waals surface area contributed by atoms with Crippen LogP contribution in [0.5, 0.6) is 0 Å². The summed E-state index contributed by atoms with van der Waals surface area (Å²) < 4.78 is 27.8. The Hall–Kier alpha value is -0.480. The predicted molar refractivity (Wildman–Crippen MR) is 70.3 cm³/mol. The number of benzene rings is 1. The Morgan fingerprint density at radius 1 is 1.22 bits per heavy atom. The normalized spacial score (nSPS) is 24.9. The molecule has 18 heavy (non-hydrogen) atoms. The van der Waals surface area contributed by atoms with Crippen molar-refractivity contribution >= 4 is 15.9 Å². The third-order valence-corrected chi connectivity index (χ3v) is 4.25. The first-order valence-corrected chi connectivity index (χ1v) is 7.17. The van der Waals surface area contributed by atoms with Crippen LogP contribution >= 0.6 is 15.9 Å². The first-order chi connectivity index (χ1) is 8.58. The van der Waals surface area contributed by atoms with Crippen LogP contribution in [0.25, 0.3) is 0 Å². The zero-order valence-corrected chi connectivity index (χ0v) is 11.7. The quantitative estimate of drug-likeness (QED) is 0.639. The molecule has 1 aromatic rings. The monoisotopic (exact) mass is 318 g/mol.